The fraction of sp³-hybridized carbons (Fsp3) is 0.417. The number of hydrazine groups is 1. The van der Waals surface area contributed by atoms with Crippen molar-refractivity contribution < 1.29 is 13.2 Å². The number of benzene rings is 1. The molecule has 0 aromatic heterocycles. The molecule has 0 aliphatic heterocycles. The average molecular weight is 274 g/mol. The van der Waals surface area contributed by atoms with Gasteiger partial charge in [-0.05, 0) is 18.6 Å². The molecule has 0 heterocycles. The summed E-state index contributed by atoms with van der Waals surface area (Å²) >= 11 is 0. The zero-order chi connectivity index (χ0) is 14.3. The molecule has 7 heteroatoms. The molecule has 4 nitrogen and oxygen atoms in total. The predicted molar refractivity (Wildman–Crippen MR) is 69.6 cm³/mol. The first kappa shape index (κ1) is 15.3. The number of aliphatic imine (C=N–C) groups is 1. The van der Waals surface area contributed by atoms with Gasteiger partial charge in [-0.3, -0.25) is 10.4 Å². The Hall–Kier alpha value is -1.76. The lowest BCUT2D eigenvalue weighted by Gasteiger charge is -2.15. The Morgan fingerprint density at radius 3 is 2.58 bits per heavy atom. The minimum absolute atomic E-state index is 0.0804. The molecule has 0 aliphatic carbocycles. The summed E-state index contributed by atoms with van der Waals surface area (Å²) in [4.78, 5) is 4.05. The highest BCUT2D eigenvalue weighted by atomic mass is 19.4. The fourth-order valence-corrected chi connectivity index (χ4v) is 1.44. The second kappa shape index (κ2) is 6.98. The zero-order valence-corrected chi connectivity index (χ0v) is 10.6. The maximum Gasteiger partial charge on any atom is 0.418 e. The molecule has 0 saturated heterocycles. The summed E-state index contributed by atoms with van der Waals surface area (Å²) in [7, 11) is 0. The van der Waals surface area contributed by atoms with E-state index in [1.807, 2.05) is 6.92 Å². The third kappa shape index (κ3) is 4.78. The van der Waals surface area contributed by atoms with Gasteiger partial charge in [0.1, 0.15) is 0 Å². The lowest BCUT2D eigenvalue weighted by Crippen LogP contribution is -2.37. The van der Waals surface area contributed by atoms with Crippen LogP contribution >= 0.6 is 0 Å². The van der Waals surface area contributed by atoms with E-state index in [1.54, 1.807) is 0 Å². The van der Waals surface area contributed by atoms with Crippen LogP contribution in [0.5, 0.6) is 0 Å². The molecule has 0 aliphatic rings. The second-order valence-electron chi connectivity index (χ2n) is 3.90. The third-order valence-corrected chi connectivity index (χ3v) is 2.40. The van der Waals surface area contributed by atoms with Gasteiger partial charge in [-0.1, -0.05) is 25.5 Å². The van der Waals surface area contributed by atoms with E-state index < -0.39 is 11.7 Å². The molecule has 1 aromatic rings. The summed E-state index contributed by atoms with van der Waals surface area (Å²) in [6.45, 7) is 2.49. The summed E-state index contributed by atoms with van der Waals surface area (Å²) in [6.07, 6.45) is -2.64. The molecule has 106 valence electrons. The van der Waals surface area contributed by atoms with Gasteiger partial charge >= 0.3 is 6.18 Å². The molecule has 0 unspecified atom stereocenters. The smallest absolute Gasteiger partial charge is 0.325 e. The van der Waals surface area contributed by atoms with Gasteiger partial charge in [0.2, 0.25) is 5.96 Å². The van der Waals surface area contributed by atoms with Crippen LogP contribution in [0.3, 0.4) is 0 Å². The van der Waals surface area contributed by atoms with Gasteiger partial charge in [0, 0.05) is 6.54 Å². The fourth-order valence-electron chi connectivity index (χ4n) is 1.44. The van der Waals surface area contributed by atoms with Crippen LogP contribution in [0.4, 0.5) is 18.9 Å². The van der Waals surface area contributed by atoms with Gasteiger partial charge in [0.25, 0.3) is 0 Å². The summed E-state index contributed by atoms with van der Waals surface area (Å²) in [5.41, 5.74) is 1.42. The van der Waals surface area contributed by atoms with Crippen molar-refractivity contribution in [2.24, 2.45) is 10.8 Å². The van der Waals surface area contributed by atoms with Crippen molar-refractivity contribution >= 4 is 11.6 Å². The van der Waals surface area contributed by atoms with Gasteiger partial charge < -0.3 is 5.32 Å². The Bertz CT molecular complexity index is 429. The monoisotopic (exact) mass is 274 g/mol. The van der Waals surface area contributed by atoms with Crippen molar-refractivity contribution in [2.75, 3.05) is 11.9 Å². The summed E-state index contributed by atoms with van der Waals surface area (Å²) in [6, 6.07) is 5.17. The molecule has 0 bridgehead atoms. The molecule has 1 aromatic carbocycles. The lowest BCUT2D eigenvalue weighted by atomic mass is 10.1. The number of nitrogens with zero attached hydrogens (tertiary/aromatic N) is 1. The number of para-hydroxylation sites is 1. The van der Waals surface area contributed by atoms with Crippen LogP contribution in [0.1, 0.15) is 25.3 Å². The largest absolute Gasteiger partial charge is 0.418 e. The Balaban J connectivity index is 2.89. The minimum atomic E-state index is -4.42. The minimum Gasteiger partial charge on any atom is -0.325 e. The zero-order valence-electron chi connectivity index (χ0n) is 10.6. The van der Waals surface area contributed by atoms with E-state index in [-0.39, 0.29) is 11.6 Å². The summed E-state index contributed by atoms with van der Waals surface area (Å²) < 4.78 is 38.3. The van der Waals surface area contributed by atoms with Gasteiger partial charge in [-0.2, -0.15) is 13.2 Å². The third-order valence-electron chi connectivity index (χ3n) is 2.40. The quantitative estimate of drug-likeness (QED) is 0.260. The van der Waals surface area contributed by atoms with Crippen LogP contribution in [0.15, 0.2) is 29.3 Å². The molecule has 1 rings (SSSR count). The normalized spacial score (nSPS) is 12.4. The average Bonchev–Trinajstić information content (AvgIpc) is 2.37. The van der Waals surface area contributed by atoms with Crippen molar-refractivity contribution in [3.8, 4) is 0 Å². The number of halogens is 3. The molecule has 0 fully saturated rings. The highest BCUT2D eigenvalue weighted by Crippen LogP contribution is 2.34. The standard InChI is InChI=1S/C12H17F3N4/c1-2-3-8-17-11(19-16)18-10-7-5-4-6-9(10)12(13,14)15/h4-7H,2-3,8,16H2,1H3,(H2,17,18,19). The van der Waals surface area contributed by atoms with Crippen LogP contribution in [0, 0.1) is 0 Å². The highest BCUT2D eigenvalue weighted by Gasteiger charge is 2.33. The topological polar surface area (TPSA) is 62.4 Å². The maximum absolute atomic E-state index is 12.8. The van der Waals surface area contributed by atoms with E-state index in [0.717, 1.165) is 18.9 Å². The number of hydrogen-bond acceptors (Lipinski definition) is 2. The molecule has 0 radical (unpaired) electrons. The molecule has 0 spiro atoms. The molecular weight excluding hydrogens is 257 g/mol. The van der Waals surface area contributed by atoms with Crippen LogP contribution < -0.4 is 16.6 Å². The molecule has 0 saturated carbocycles. The Kier molecular flexibility index (Phi) is 5.62. The number of rotatable bonds is 4. The van der Waals surface area contributed by atoms with Crippen molar-refractivity contribution in [2.45, 2.75) is 25.9 Å². The van der Waals surface area contributed by atoms with E-state index in [2.05, 4.69) is 15.7 Å². The van der Waals surface area contributed by atoms with Gasteiger partial charge in [-0.25, -0.2) is 5.84 Å². The number of nitrogens with two attached hydrogens (primary N) is 1. The predicted octanol–water partition coefficient (Wildman–Crippen LogP) is 2.74. The van der Waals surface area contributed by atoms with Crippen LogP contribution in [-0.2, 0) is 6.18 Å². The van der Waals surface area contributed by atoms with E-state index in [0.29, 0.717) is 6.54 Å². The number of alkyl halides is 3. The first-order chi connectivity index (χ1) is 8.99. The Morgan fingerprint density at radius 2 is 2.00 bits per heavy atom. The lowest BCUT2D eigenvalue weighted by molar-refractivity contribution is -0.136. The van der Waals surface area contributed by atoms with Crippen molar-refractivity contribution in [3.63, 3.8) is 0 Å². The number of guanidine groups is 1. The Labute approximate surface area is 109 Å². The van der Waals surface area contributed by atoms with Gasteiger partial charge in [-0.15, -0.1) is 0 Å². The number of nitrogens with one attached hydrogen (secondary N) is 2. The molecule has 0 amide bonds. The van der Waals surface area contributed by atoms with Crippen LogP contribution in [0.25, 0.3) is 0 Å². The number of hydrogen-bond donors (Lipinski definition) is 3. The summed E-state index contributed by atoms with van der Waals surface area (Å²) in [5.74, 6) is 5.35. The van der Waals surface area contributed by atoms with Crippen LogP contribution in [0.2, 0.25) is 0 Å². The molecule has 0 atom stereocenters. The van der Waals surface area contributed by atoms with E-state index in [4.69, 9.17) is 5.84 Å². The van der Waals surface area contributed by atoms with Crippen LogP contribution in [-0.4, -0.2) is 12.5 Å². The van der Waals surface area contributed by atoms with Gasteiger partial charge in [0.05, 0.1) is 11.3 Å². The van der Waals surface area contributed by atoms with Crippen molar-refractivity contribution in [3.05, 3.63) is 29.8 Å². The molecular formula is C12H17F3N4. The maximum atomic E-state index is 12.8. The first-order valence-electron chi connectivity index (χ1n) is 5.93. The first-order valence-corrected chi connectivity index (χ1v) is 5.93. The molecule has 4 N–H and O–H groups in total. The summed E-state index contributed by atoms with van der Waals surface area (Å²) in [5, 5.41) is 2.56. The number of unbranched alkanes of at least 4 members (excludes halogenated alkanes) is 1. The second-order valence-corrected chi connectivity index (χ2v) is 3.90. The Morgan fingerprint density at radius 1 is 1.32 bits per heavy atom. The van der Waals surface area contributed by atoms with E-state index >= 15 is 0 Å². The van der Waals surface area contributed by atoms with Gasteiger partial charge in [0.15, 0.2) is 0 Å². The highest BCUT2D eigenvalue weighted by molar-refractivity contribution is 5.94. The van der Waals surface area contributed by atoms with Crippen molar-refractivity contribution in [1.82, 2.24) is 5.43 Å². The molecule has 19 heavy (non-hydrogen) atoms. The number of anilines is 1. The van der Waals surface area contributed by atoms with E-state index in [1.165, 1.54) is 18.2 Å². The van der Waals surface area contributed by atoms with E-state index in [9.17, 15) is 13.2 Å². The van der Waals surface area contributed by atoms with Crippen molar-refractivity contribution in [1.29, 1.82) is 0 Å². The SMILES string of the molecule is CCCCN=C(NN)Nc1ccccc1C(F)(F)F.